The van der Waals surface area contributed by atoms with Gasteiger partial charge in [-0.05, 0) is 50.2 Å². The number of urea groups is 1. The Morgan fingerprint density at radius 3 is 2.12 bits per heavy atom. The molecule has 0 bridgehead atoms. The van der Waals surface area contributed by atoms with Crippen LogP contribution < -0.4 is 4.74 Å². The maximum atomic E-state index is 13.6. The van der Waals surface area contributed by atoms with Crippen LogP contribution >= 0.6 is 0 Å². The second kappa shape index (κ2) is 10.4. The number of nitrogens with zero attached hydrogens (tertiary/aromatic N) is 5. The predicted molar refractivity (Wildman–Crippen MR) is 131 cm³/mol. The molecule has 0 spiro atoms. The molecule has 2 heterocycles. The number of aromatic nitrogens is 2. The highest BCUT2D eigenvalue weighted by Gasteiger charge is 2.29. The van der Waals surface area contributed by atoms with E-state index in [-0.39, 0.29) is 11.9 Å². The molecule has 2 aromatic carbocycles. The summed E-state index contributed by atoms with van der Waals surface area (Å²) in [6.45, 7) is 7.33. The number of benzene rings is 2. The van der Waals surface area contributed by atoms with Crippen molar-refractivity contribution in [1.29, 1.82) is 0 Å². The van der Waals surface area contributed by atoms with E-state index >= 15 is 0 Å². The number of rotatable bonds is 6. The topological polar surface area (TPSA) is 70.9 Å². The van der Waals surface area contributed by atoms with Crippen LogP contribution in [0, 0.1) is 0 Å². The van der Waals surface area contributed by atoms with Crippen LogP contribution in [-0.2, 0) is 0 Å². The van der Waals surface area contributed by atoms with Crippen molar-refractivity contribution in [3.8, 4) is 22.7 Å². The summed E-state index contributed by atoms with van der Waals surface area (Å²) in [5.41, 5.74) is 2.89. The number of methoxy groups -OCH3 is 1. The highest BCUT2D eigenvalue weighted by Crippen LogP contribution is 2.27. The number of carbonyl (C=O) groups is 2. The molecule has 8 nitrogen and oxygen atoms in total. The lowest BCUT2D eigenvalue weighted by atomic mass is 10.1. The van der Waals surface area contributed by atoms with Crippen molar-refractivity contribution in [3.63, 3.8) is 0 Å². The minimum absolute atomic E-state index is 0.0351. The molecule has 8 heteroatoms. The highest BCUT2D eigenvalue weighted by atomic mass is 16.5. The molecule has 0 unspecified atom stereocenters. The molecular formula is C26H31N5O3. The fourth-order valence-electron chi connectivity index (χ4n) is 4.17. The SMILES string of the molecule is CCN(CC)C(=O)N1CCN(C(=O)c2cn(-c3ccccc3)nc2-c2ccc(OC)cc2)CC1. The Hall–Kier alpha value is -3.81. The molecule has 0 radical (unpaired) electrons. The molecule has 1 fully saturated rings. The number of piperazine rings is 1. The number of hydrogen-bond acceptors (Lipinski definition) is 4. The molecule has 1 saturated heterocycles. The first-order valence-corrected chi connectivity index (χ1v) is 11.7. The maximum absolute atomic E-state index is 13.6. The average Bonchev–Trinajstić information content (AvgIpc) is 3.35. The molecule has 1 aliphatic rings. The van der Waals surface area contributed by atoms with Crippen LogP contribution in [0.3, 0.4) is 0 Å². The summed E-state index contributed by atoms with van der Waals surface area (Å²) < 4.78 is 7.02. The molecule has 0 N–H and O–H groups in total. The lowest BCUT2D eigenvalue weighted by Gasteiger charge is -2.37. The van der Waals surface area contributed by atoms with E-state index in [2.05, 4.69) is 0 Å². The molecule has 1 aromatic heterocycles. The Bertz CT molecular complexity index is 1120. The van der Waals surface area contributed by atoms with E-state index in [1.54, 1.807) is 18.0 Å². The molecule has 0 atom stereocenters. The van der Waals surface area contributed by atoms with Crippen molar-refractivity contribution in [2.75, 3.05) is 46.4 Å². The van der Waals surface area contributed by atoms with E-state index in [0.29, 0.717) is 50.5 Å². The van der Waals surface area contributed by atoms with Crippen molar-refractivity contribution in [2.45, 2.75) is 13.8 Å². The normalized spacial score (nSPS) is 13.6. The van der Waals surface area contributed by atoms with E-state index < -0.39 is 0 Å². The second-order valence-corrected chi connectivity index (χ2v) is 8.13. The van der Waals surface area contributed by atoms with Gasteiger partial charge in [-0.3, -0.25) is 4.79 Å². The molecule has 178 valence electrons. The molecule has 4 rings (SSSR count). The van der Waals surface area contributed by atoms with E-state index in [1.807, 2.05) is 83.1 Å². The summed E-state index contributed by atoms with van der Waals surface area (Å²) in [4.78, 5) is 31.7. The monoisotopic (exact) mass is 461 g/mol. The van der Waals surface area contributed by atoms with E-state index in [4.69, 9.17) is 9.84 Å². The van der Waals surface area contributed by atoms with Gasteiger partial charge in [-0.25, -0.2) is 9.48 Å². The van der Waals surface area contributed by atoms with Crippen LogP contribution in [0.2, 0.25) is 0 Å². The highest BCUT2D eigenvalue weighted by molar-refractivity contribution is 6.00. The van der Waals surface area contributed by atoms with Gasteiger partial charge in [0, 0.05) is 51.0 Å². The quantitative estimate of drug-likeness (QED) is 0.560. The smallest absolute Gasteiger partial charge is 0.320 e. The van der Waals surface area contributed by atoms with Crippen molar-refractivity contribution in [3.05, 3.63) is 66.4 Å². The fourth-order valence-corrected chi connectivity index (χ4v) is 4.17. The molecule has 0 saturated carbocycles. The minimum Gasteiger partial charge on any atom is -0.497 e. The zero-order chi connectivity index (χ0) is 24.1. The van der Waals surface area contributed by atoms with Crippen LogP contribution in [0.5, 0.6) is 5.75 Å². The largest absolute Gasteiger partial charge is 0.497 e. The Morgan fingerprint density at radius 1 is 0.912 bits per heavy atom. The van der Waals surface area contributed by atoms with Gasteiger partial charge in [-0.2, -0.15) is 5.10 Å². The Morgan fingerprint density at radius 2 is 1.53 bits per heavy atom. The lowest BCUT2D eigenvalue weighted by Crippen LogP contribution is -2.54. The average molecular weight is 462 g/mol. The number of ether oxygens (including phenoxy) is 1. The van der Waals surface area contributed by atoms with Gasteiger partial charge in [0.25, 0.3) is 5.91 Å². The van der Waals surface area contributed by atoms with Gasteiger partial charge in [-0.1, -0.05) is 18.2 Å². The summed E-state index contributed by atoms with van der Waals surface area (Å²) in [6, 6.07) is 17.3. The number of para-hydroxylation sites is 1. The summed E-state index contributed by atoms with van der Waals surface area (Å²) in [5, 5.41) is 4.77. The first kappa shape index (κ1) is 23.4. The molecule has 3 amide bonds. The molecule has 1 aliphatic heterocycles. The predicted octanol–water partition coefficient (Wildman–Crippen LogP) is 3.77. The van der Waals surface area contributed by atoms with Gasteiger partial charge in [-0.15, -0.1) is 0 Å². The second-order valence-electron chi connectivity index (χ2n) is 8.13. The van der Waals surface area contributed by atoms with Gasteiger partial charge >= 0.3 is 6.03 Å². The van der Waals surface area contributed by atoms with Gasteiger partial charge in [0.15, 0.2) is 0 Å². The van der Waals surface area contributed by atoms with Crippen molar-refractivity contribution >= 4 is 11.9 Å². The summed E-state index contributed by atoms with van der Waals surface area (Å²) >= 11 is 0. The number of amides is 3. The van der Waals surface area contributed by atoms with E-state index in [1.165, 1.54) is 0 Å². The fraction of sp³-hybridized carbons (Fsp3) is 0.346. The molecule has 34 heavy (non-hydrogen) atoms. The van der Waals surface area contributed by atoms with Crippen LogP contribution in [0.1, 0.15) is 24.2 Å². The van der Waals surface area contributed by atoms with Crippen LogP contribution in [0.4, 0.5) is 4.79 Å². The summed E-state index contributed by atoms with van der Waals surface area (Å²) in [7, 11) is 1.62. The van der Waals surface area contributed by atoms with Crippen molar-refractivity contribution in [1.82, 2.24) is 24.5 Å². The Balaban J connectivity index is 1.59. The van der Waals surface area contributed by atoms with Gasteiger partial charge in [0.2, 0.25) is 0 Å². The van der Waals surface area contributed by atoms with E-state index in [0.717, 1.165) is 17.0 Å². The third-order valence-electron chi connectivity index (χ3n) is 6.20. The van der Waals surface area contributed by atoms with Crippen LogP contribution in [-0.4, -0.2) is 82.8 Å². The lowest BCUT2D eigenvalue weighted by molar-refractivity contribution is 0.0642. The molecule has 0 aliphatic carbocycles. The van der Waals surface area contributed by atoms with Gasteiger partial charge < -0.3 is 19.4 Å². The van der Waals surface area contributed by atoms with Gasteiger partial charge in [0.05, 0.1) is 18.4 Å². The summed E-state index contributed by atoms with van der Waals surface area (Å²) in [5.74, 6) is 0.663. The zero-order valence-electron chi connectivity index (χ0n) is 20.0. The van der Waals surface area contributed by atoms with Gasteiger partial charge in [0.1, 0.15) is 11.4 Å². The van der Waals surface area contributed by atoms with Crippen LogP contribution in [0.25, 0.3) is 16.9 Å². The third-order valence-corrected chi connectivity index (χ3v) is 6.20. The standard InChI is InChI=1S/C26H31N5O3/c1-4-28(5-2)26(33)30-17-15-29(16-18-30)25(32)23-19-31(21-9-7-6-8-10-21)27-24(23)20-11-13-22(34-3)14-12-20/h6-14,19H,4-5,15-18H2,1-3H3. The van der Waals surface area contributed by atoms with Crippen molar-refractivity contribution < 1.29 is 14.3 Å². The van der Waals surface area contributed by atoms with Crippen molar-refractivity contribution in [2.24, 2.45) is 0 Å². The first-order valence-electron chi connectivity index (χ1n) is 11.7. The minimum atomic E-state index is -0.0806. The van der Waals surface area contributed by atoms with E-state index in [9.17, 15) is 9.59 Å². The molecule has 3 aromatic rings. The maximum Gasteiger partial charge on any atom is 0.320 e. The van der Waals surface area contributed by atoms with Crippen LogP contribution in [0.15, 0.2) is 60.8 Å². The molecular weight excluding hydrogens is 430 g/mol. The Labute approximate surface area is 200 Å². The number of hydrogen-bond donors (Lipinski definition) is 0. The Kier molecular flexibility index (Phi) is 7.15. The third kappa shape index (κ3) is 4.76. The first-order chi connectivity index (χ1) is 16.5. The number of carbonyl (C=O) groups excluding carboxylic acids is 2. The summed E-state index contributed by atoms with van der Waals surface area (Å²) in [6.07, 6.45) is 1.80. The zero-order valence-corrected chi connectivity index (χ0v) is 20.0.